The number of nitrogens with two attached hydrogens (primary N) is 1. The molecule has 0 spiro atoms. The molecule has 1 heterocycles. The van der Waals surface area contributed by atoms with Gasteiger partial charge >= 0.3 is 0 Å². The Morgan fingerprint density at radius 1 is 1.16 bits per heavy atom. The summed E-state index contributed by atoms with van der Waals surface area (Å²) in [6, 6.07) is 11.1. The van der Waals surface area contributed by atoms with E-state index in [9.17, 15) is 4.79 Å². The average Bonchev–Trinajstić information content (AvgIpc) is 2.36. The number of rotatable bonds is 2. The summed E-state index contributed by atoms with van der Waals surface area (Å²) in [5.41, 5.74) is 9.04. The third-order valence-electron chi connectivity index (χ3n) is 2.89. The lowest BCUT2D eigenvalue weighted by Gasteiger charge is -2.18. The number of carbonyl (C=O) groups excluding carboxylic acids is 1. The van der Waals surface area contributed by atoms with Crippen LogP contribution in [0.4, 0.5) is 11.5 Å². The molecule has 2 N–H and O–H groups in total. The van der Waals surface area contributed by atoms with E-state index in [0.29, 0.717) is 11.5 Å². The van der Waals surface area contributed by atoms with Crippen LogP contribution in [-0.4, -0.2) is 17.9 Å². The summed E-state index contributed by atoms with van der Waals surface area (Å²) in [6.45, 7) is 4.02. The van der Waals surface area contributed by atoms with Gasteiger partial charge in [0.1, 0.15) is 11.5 Å². The van der Waals surface area contributed by atoms with E-state index in [1.165, 1.54) is 0 Å². The molecule has 2 rings (SSSR count). The van der Waals surface area contributed by atoms with Crippen molar-refractivity contribution in [1.82, 2.24) is 4.98 Å². The van der Waals surface area contributed by atoms with Crippen molar-refractivity contribution in [1.29, 1.82) is 0 Å². The molecule has 1 aromatic heterocycles. The molecule has 0 bridgehead atoms. The van der Waals surface area contributed by atoms with Gasteiger partial charge < -0.3 is 10.6 Å². The molecule has 1 aromatic carbocycles. The van der Waals surface area contributed by atoms with Gasteiger partial charge in [-0.3, -0.25) is 4.79 Å². The van der Waals surface area contributed by atoms with E-state index in [2.05, 4.69) is 11.1 Å². The smallest absolute Gasteiger partial charge is 0.276 e. The molecular formula is C15H17N3O. The lowest BCUT2D eigenvalue weighted by Crippen LogP contribution is -2.27. The van der Waals surface area contributed by atoms with Gasteiger partial charge in [0.2, 0.25) is 0 Å². The lowest BCUT2D eigenvalue weighted by molar-refractivity contribution is 0.0988. The number of benzene rings is 1. The van der Waals surface area contributed by atoms with E-state index in [1.54, 1.807) is 30.1 Å². The fraction of sp³-hybridized carbons (Fsp3) is 0.200. The molecule has 0 atom stereocenters. The number of aromatic nitrogens is 1. The zero-order valence-electron chi connectivity index (χ0n) is 11.3. The number of carbonyl (C=O) groups is 1. The van der Waals surface area contributed by atoms with Gasteiger partial charge in [-0.1, -0.05) is 12.1 Å². The van der Waals surface area contributed by atoms with Crippen LogP contribution >= 0.6 is 0 Å². The maximum Gasteiger partial charge on any atom is 0.276 e. The molecule has 19 heavy (non-hydrogen) atoms. The van der Waals surface area contributed by atoms with E-state index >= 15 is 0 Å². The maximum atomic E-state index is 12.3. The van der Waals surface area contributed by atoms with Gasteiger partial charge in [0.05, 0.1) is 0 Å². The Kier molecular flexibility index (Phi) is 3.51. The number of pyridine rings is 1. The van der Waals surface area contributed by atoms with Crippen LogP contribution in [0.2, 0.25) is 0 Å². The molecule has 0 saturated carbocycles. The Hall–Kier alpha value is -2.36. The number of anilines is 2. The zero-order chi connectivity index (χ0) is 14.0. The van der Waals surface area contributed by atoms with Crippen LogP contribution in [0.1, 0.15) is 21.6 Å². The summed E-state index contributed by atoms with van der Waals surface area (Å²) in [6.07, 6.45) is 0. The minimum atomic E-state index is -0.169. The number of nitrogen functional groups attached to an aromatic ring is 1. The molecule has 4 heteroatoms. The fourth-order valence-corrected chi connectivity index (χ4v) is 2.00. The van der Waals surface area contributed by atoms with Gasteiger partial charge in [0.15, 0.2) is 0 Å². The summed E-state index contributed by atoms with van der Waals surface area (Å²) in [5.74, 6) is 0.178. The molecule has 0 fully saturated rings. The molecule has 0 aliphatic carbocycles. The summed E-state index contributed by atoms with van der Waals surface area (Å²) in [5, 5.41) is 0. The number of aryl methyl sites for hydroxylation is 2. The molecule has 0 aliphatic rings. The highest BCUT2D eigenvalue weighted by atomic mass is 16.2. The summed E-state index contributed by atoms with van der Waals surface area (Å²) >= 11 is 0. The van der Waals surface area contributed by atoms with Crippen molar-refractivity contribution in [2.75, 3.05) is 17.7 Å². The molecule has 98 valence electrons. The summed E-state index contributed by atoms with van der Waals surface area (Å²) in [7, 11) is 1.74. The summed E-state index contributed by atoms with van der Waals surface area (Å²) in [4.78, 5) is 18.0. The average molecular weight is 255 g/mol. The van der Waals surface area contributed by atoms with Crippen molar-refractivity contribution in [3.63, 3.8) is 0 Å². The lowest BCUT2D eigenvalue weighted by atomic mass is 10.1. The van der Waals surface area contributed by atoms with Crippen LogP contribution < -0.4 is 10.6 Å². The molecule has 1 amide bonds. The first kappa shape index (κ1) is 13.1. The zero-order valence-corrected chi connectivity index (χ0v) is 11.3. The van der Waals surface area contributed by atoms with Gasteiger partial charge in [-0.2, -0.15) is 0 Å². The second-order valence-electron chi connectivity index (χ2n) is 4.66. The first-order chi connectivity index (χ1) is 8.97. The van der Waals surface area contributed by atoms with Crippen LogP contribution in [0, 0.1) is 13.8 Å². The van der Waals surface area contributed by atoms with Crippen molar-refractivity contribution >= 4 is 17.4 Å². The predicted molar refractivity (Wildman–Crippen MR) is 77.3 cm³/mol. The molecule has 2 aromatic rings. The highest BCUT2D eigenvalue weighted by Gasteiger charge is 2.15. The van der Waals surface area contributed by atoms with Crippen LogP contribution in [-0.2, 0) is 0 Å². The van der Waals surface area contributed by atoms with E-state index in [0.717, 1.165) is 16.8 Å². The molecule has 0 saturated heterocycles. The Morgan fingerprint density at radius 3 is 2.37 bits per heavy atom. The first-order valence-corrected chi connectivity index (χ1v) is 6.06. The minimum Gasteiger partial charge on any atom is -0.384 e. The first-order valence-electron chi connectivity index (χ1n) is 6.06. The van der Waals surface area contributed by atoms with Gasteiger partial charge in [-0.25, -0.2) is 4.98 Å². The normalized spacial score (nSPS) is 10.3. The minimum absolute atomic E-state index is 0.169. The number of nitrogens with zero attached hydrogens (tertiary/aromatic N) is 2. The Balaban J connectivity index is 2.33. The van der Waals surface area contributed by atoms with Crippen LogP contribution in [0.25, 0.3) is 0 Å². The Morgan fingerprint density at radius 2 is 1.79 bits per heavy atom. The highest BCUT2D eigenvalue weighted by Crippen LogP contribution is 2.19. The molecule has 0 unspecified atom stereocenters. The standard InChI is InChI=1S/C15H17N3O/c1-10-7-11(2)9-12(8-10)18(3)15(19)13-5-4-6-14(16)17-13/h4-9H,1-3H3,(H2,16,17). The van der Waals surface area contributed by atoms with Gasteiger partial charge in [-0.15, -0.1) is 0 Å². The van der Waals surface area contributed by atoms with Crippen LogP contribution in [0.3, 0.4) is 0 Å². The fourth-order valence-electron chi connectivity index (χ4n) is 2.00. The topological polar surface area (TPSA) is 59.2 Å². The molecule has 0 aliphatic heterocycles. The highest BCUT2D eigenvalue weighted by molar-refractivity contribution is 6.04. The molecular weight excluding hydrogens is 238 g/mol. The van der Waals surface area contributed by atoms with Gasteiger partial charge in [0.25, 0.3) is 5.91 Å². The maximum absolute atomic E-state index is 12.3. The van der Waals surface area contributed by atoms with Gasteiger partial charge in [-0.05, 0) is 49.2 Å². The molecule has 4 nitrogen and oxygen atoms in total. The van der Waals surface area contributed by atoms with Crippen molar-refractivity contribution in [3.05, 3.63) is 53.2 Å². The van der Waals surface area contributed by atoms with Crippen molar-refractivity contribution in [2.45, 2.75) is 13.8 Å². The second kappa shape index (κ2) is 5.10. The number of hydrogen-bond acceptors (Lipinski definition) is 3. The second-order valence-corrected chi connectivity index (χ2v) is 4.66. The molecule has 0 radical (unpaired) electrons. The van der Waals surface area contributed by atoms with Crippen molar-refractivity contribution in [2.24, 2.45) is 0 Å². The predicted octanol–water partition coefficient (Wildman–Crippen LogP) is 2.56. The van der Waals surface area contributed by atoms with Crippen LogP contribution in [0.15, 0.2) is 36.4 Å². The van der Waals surface area contributed by atoms with E-state index in [4.69, 9.17) is 5.73 Å². The number of hydrogen-bond donors (Lipinski definition) is 1. The Bertz CT molecular complexity index is 602. The van der Waals surface area contributed by atoms with E-state index in [-0.39, 0.29) is 5.91 Å². The third-order valence-corrected chi connectivity index (χ3v) is 2.89. The van der Waals surface area contributed by atoms with E-state index in [1.807, 2.05) is 26.0 Å². The Labute approximate surface area is 112 Å². The number of amides is 1. The monoisotopic (exact) mass is 255 g/mol. The third kappa shape index (κ3) is 2.91. The quantitative estimate of drug-likeness (QED) is 0.897. The summed E-state index contributed by atoms with van der Waals surface area (Å²) < 4.78 is 0. The SMILES string of the molecule is Cc1cc(C)cc(N(C)C(=O)c2cccc(N)n2)c1. The van der Waals surface area contributed by atoms with E-state index < -0.39 is 0 Å². The van der Waals surface area contributed by atoms with Crippen molar-refractivity contribution in [3.8, 4) is 0 Å². The largest absolute Gasteiger partial charge is 0.384 e. The van der Waals surface area contributed by atoms with Crippen molar-refractivity contribution < 1.29 is 4.79 Å². The van der Waals surface area contributed by atoms with Gasteiger partial charge in [0, 0.05) is 12.7 Å². The van der Waals surface area contributed by atoms with Crippen LogP contribution in [0.5, 0.6) is 0 Å².